The second kappa shape index (κ2) is 8.21. The topological polar surface area (TPSA) is 62.3 Å². The molecule has 2 amide bonds. The highest BCUT2D eigenvalue weighted by Gasteiger charge is 2.26. The third-order valence-corrected chi connectivity index (χ3v) is 5.75. The number of nitrogens with zero attached hydrogens (tertiary/aromatic N) is 2. The molecule has 3 rings (SSSR count). The number of aryl methyl sites for hydroxylation is 2. The summed E-state index contributed by atoms with van der Waals surface area (Å²) < 4.78 is 0. The average Bonchev–Trinajstić information content (AvgIpc) is 3.00. The lowest BCUT2D eigenvalue weighted by Crippen LogP contribution is -2.42. The molecule has 2 aromatic rings. The molecule has 1 saturated heterocycles. The molecule has 1 aromatic carbocycles. The van der Waals surface area contributed by atoms with Gasteiger partial charge in [0.15, 0.2) is 0 Å². The van der Waals surface area contributed by atoms with Gasteiger partial charge in [-0.25, -0.2) is 4.98 Å². The van der Waals surface area contributed by atoms with Crippen molar-refractivity contribution >= 4 is 28.8 Å². The fraction of sp³-hybridized carbons (Fsp3) is 0.476. The molecule has 1 fully saturated rings. The van der Waals surface area contributed by atoms with Crippen LogP contribution in [0.15, 0.2) is 23.6 Å². The Hall–Kier alpha value is -2.21. The minimum Gasteiger partial charge on any atom is -0.338 e. The molecule has 0 aliphatic carbocycles. The largest absolute Gasteiger partial charge is 0.338 e. The Morgan fingerprint density at radius 2 is 1.93 bits per heavy atom. The minimum atomic E-state index is -0.117. The van der Waals surface area contributed by atoms with Gasteiger partial charge in [-0.05, 0) is 49.8 Å². The van der Waals surface area contributed by atoms with Crippen molar-refractivity contribution in [2.24, 2.45) is 11.8 Å². The molecule has 1 aliphatic heterocycles. The van der Waals surface area contributed by atoms with E-state index in [2.05, 4.69) is 24.1 Å². The number of carbonyl (C=O) groups excluding carboxylic acids is 2. The molecule has 144 valence electrons. The van der Waals surface area contributed by atoms with Crippen LogP contribution in [-0.4, -0.2) is 34.8 Å². The van der Waals surface area contributed by atoms with Crippen LogP contribution in [0.4, 0.5) is 5.69 Å². The van der Waals surface area contributed by atoms with Crippen LogP contribution in [-0.2, 0) is 11.2 Å². The number of hydrogen-bond acceptors (Lipinski definition) is 4. The zero-order chi connectivity index (χ0) is 19.6. The molecule has 6 heteroatoms. The Kier molecular flexibility index (Phi) is 5.95. The summed E-state index contributed by atoms with van der Waals surface area (Å²) in [7, 11) is 0. The fourth-order valence-electron chi connectivity index (χ4n) is 3.75. The Balaban J connectivity index is 1.71. The van der Waals surface area contributed by atoms with Gasteiger partial charge in [-0.1, -0.05) is 19.9 Å². The Bertz CT molecular complexity index is 836. The van der Waals surface area contributed by atoms with Crippen molar-refractivity contribution in [3.8, 4) is 0 Å². The van der Waals surface area contributed by atoms with Gasteiger partial charge in [-0.2, -0.15) is 0 Å². The molecule has 1 aliphatic rings. The summed E-state index contributed by atoms with van der Waals surface area (Å²) in [6.45, 7) is 9.83. The lowest BCUT2D eigenvalue weighted by atomic mass is 9.91. The van der Waals surface area contributed by atoms with Gasteiger partial charge < -0.3 is 10.2 Å². The van der Waals surface area contributed by atoms with E-state index in [1.165, 1.54) is 11.3 Å². The maximum Gasteiger partial charge on any atom is 0.253 e. The highest BCUT2D eigenvalue weighted by atomic mass is 32.1. The summed E-state index contributed by atoms with van der Waals surface area (Å²) in [5, 5.41) is 5.79. The number of carbonyl (C=O) groups is 2. The number of anilines is 1. The molecule has 0 saturated carbocycles. The molecule has 1 N–H and O–H groups in total. The van der Waals surface area contributed by atoms with E-state index in [1.807, 2.05) is 36.3 Å². The number of rotatable bonds is 4. The van der Waals surface area contributed by atoms with Crippen LogP contribution in [0.2, 0.25) is 0 Å². The maximum absolute atomic E-state index is 12.9. The summed E-state index contributed by atoms with van der Waals surface area (Å²) in [4.78, 5) is 31.6. The smallest absolute Gasteiger partial charge is 0.253 e. The van der Waals surface area contributed by atoms with Gasteiger partial charge in [0.2, 0.25) is 5.91 Å². The summed E-state index contributed by atoms with van der Waals surface area (Å²) in [6, 6.07) is 5.54. The standard InChI is InChI=1S/C21H27N3O2S/c1-13-7-14(2)11-24(10-13)21(26)17-6-5-15(3)19(8-17)23-20(25)9-18-12-27-16(4)22-18/h5-6,8,12-14H,7,9-11H2,1-4H3,(H,23,25). The SMILES string of the molecule is Cc1nc(CC(=O)Nc2cc(C(=O)N3CC(C)CC(C)C3)ccc2C)cs1. The minimum absolute atomic E-state index is 0.0408. The monoisotopic (exact) mass is 385 g/mol. The van der Waals surface area contributed by atoms with Gasteiger partial charge in [0.05, 0.1) is 17.1 Å². The van der Waals surface area contributed by atoms with Gasteiger partial charge in [0.25, 0.3) is 5.91 Å². The van der Waals surface area contributed by atoms with Crippen molar-refractivity contribution in [2.75, 3.05) is 18.4 Å². The Morgan fingerprint density at radius 3 is 2.56 bits per heavy atom. The van der Waals surface area contributed by atoms with E-state index in [4.69, 9.17) is 0 Å². The first-order valence-corrected chi connectivity index (χ1v) is 10.3. The molecule has 0 spiro atoms. The van der Waals surface area contributed by atoms with Gasteiger partial charge in [0.1, 0.15) is 0 Å². The number of piperidine rings is 1. The van der Waals surface area contributed by atoms with Crippen molar-refractivity contribution in [2.45, 2.75) is 40.5 Å². The van der Waals surface area contributed by atoms with Crippen molar-refractivity contribution in [3.05, 3.63) is 45.4 Å². The number of benzene rings is 1. The van der Waals surface area contributed by atoms with Crippen molar-refractivity contribution in [3.63, 3.8) is 0 Å². The van der Waals surface area contributed by atoms with Crippen LogP contribution in [0, 0.1) is 25.7 Å². The summed E-state index contributed by atoms with van der Waals surface area (Å²) >= 11 is 1.54. The van der Waals surface area contributed by atoms with E-state index in [1.54, 1.807) is 6.07 Å². The van der Waals surface area contributed by atoms with Gasteiger partial charge >= 0.3 is 0 Å². The molecular formula is C21H27N3O2S. The molecule has 2 heterocycles. The van der Waals surface area contributed by atoms with Crippen LogP contribution < -0.4 is 5.32 Å². The highest BCUT2D eigenvalue weighted by molar-refractivity contribution is 7.09. The van der Waals surface area contributed by atoms with Gasteiger partial charge in [-0.15, -0.1) is 11.3 Å². The molecular weight excluding hydrogens is 358 g/mol. The molecule has 1 aromatic heterocycles. The normalized spacial score (nSPS) is 19.8. The second-order valence-electron chi connectivity index (χ2n) is 7.77. The lowest BCUT2D eigenvalue weighted by Gasteiger charge is -2.35. The molecule has 2 unspecified atom stereocenters. The Labute approximate surface area is 164 Å². The van der Waals surface area contributed by atoms with Crippen LogP contribution in [0.5, 0.6) is 0 Å². The number of nitrogens with one attached hydrogen (secondary N) is 1. The predicted octanol–water partition coefficient (Wildman–Crippen LogP) is 4.06. The van der Waals surface area contributed by atoms with E-state index in [9.17, 15) is 9.59 Å². The van der Waals surface area contributed by atoms with Crippen molar-refractivity contribution < 1.29 is 9.59 Å². The number of amides is 2. The second-order valence-corrected chi connectivity index (χ2v) is 8.83. The van der Waals surface area contributed by atoms with E-state index in [0.29, 0.717) is 23.1 Å². The van der Waals surface area contributed by atoms with Gasteiger partial charge in [-0.3, -0.25) is 9.59 Å². The number of aromatic nitrogens is 1. The van der Waals surface area contributed by atoms with E-state index in [-0.39, 0.29) is 18.2 Å². The molecule has 27 heavy (non-hydrogen) atoms. The van der Waals surface area contributed by atoms with E-state index in [0.717, 1.165) is 35.8 Å². The third kappa shape index (κ3) is 4.95. The van der Waals surface area contributed by atoms with E-state index < -0.39 is 0 Å². The maximum atomic E-state index is 12.9. The zero-order valence-electron chi connectivity index (χ0n) is 16.4. The molecule has 0 radical (unpaired) electrons. The number of hydrogen-bond donors (Lipinski definition) is 1. The number of likely N-dealkylation sites (tertiary alicyclic amines) is 1. The van der Waals surface area contributed by atoms with Crippen LogP contribution in [0.1, 0.15) is 46.9 Å². The molecule has 0 bridgehead atoms. The first kappa shape index (κ1) is 19.5. The molecule has 2 atom stereocenters. The van der Waals surface area contributed by atoms with Crippen LogP contribution in [0.25, 0.3) is 0 Å². The fourth-order valence-corrected chi connectivity index (χ4v) is 4.36. The average molecular weight is 386 g/mol. The third-order valence-electron chi connectivity index (χ3n) is 4.92. The van der Waals surface area contributed by atoms with Gasteiger partial charge in [0, 0.05) is 29.7 Å². The van der Waals surface area contributed by atoms with Crippen molar-refractivity contribution in [1.29, 1.82) is 0 Å². The first-order chi connectivity index (χ1) is 12.8. The van der Waals surface area contributed by atoms with Crippen LogP contribution in [0.3, 0.4) is 0 Å². The Morgan fingerprint density at radius 1 is 1.22 bits per heavy atom. The predicted molar refractivity (Wildman–Crippen MR) is 109 cm³/mol. The first-order valence-electron chi connectivity index (χ1n) is 9.42. The molecule has 5 nitrogen and oxygen atoms in total. The lowest BCUT2D eigenvalue weighted by molar-refractivity contribution is -0.115. The summed E-state index contributed by atoms with van der Waals surface area (Å²) in [6.07, 6.45) is 1.40. The van der Waals surface area contributed by atoms with Crippen LogP contribution >= 0.6 is 11.3 Å². The highest BCUT2D eigenvalue weighted by Crippen LogP contribution is 2.24. The zero-order valence-corrected chi connectivity index (χ0v) is 17.2. The number of thiazole rings is 1. The quantitative estimate of drug-likeness (QED) is 0.863. The van der Waals surface area contributed by atoms with E-state index >= 15 is 0 Å². The van der Waals surface area contributed by atoms with Crippen molar-refractivity contribution in [1.82, 2.24) is 9.88 Å². The summed E-state index contributed by atoms with van der Waals surface area (Å²) in [5.41, 5.74) is 3.03. The summed E-state index contributed by atoms with van der Waals surface area (Å²) in [5.74, 6) is 0.958.